The minimum atomic E-state index is -0.408. The van der Waals surface area contributed by atoms with E-state index in [0.717, 1.165) is 24.8 Å². The molecule has 3 aliphatic rings. The first-order valence-corrected chi connectivity index (χ1v) is 6.36. The van der Waals surface area contributed by atoms with Crippen molar-refractivity contribution in [2.24, 2.45) is 5.92 Å². The molecule has 0 spiro atoms. The number of nitrogens with zero attached hydrogens (tertiary/aromatic N) is 1. The molecule has 5 heteroatoms. The van der Waals surface area contributed by atoms with E-state index in [1.54, 1.807) is 12.0 Å². The summed E-state index contributed by atoms with van der Waals surface area (Å²) in [5.41, 5.74) is 1.45. The highest BCUT2D eigenvalue weighted by Gasteiger charge is 2.55. The summed E-state index contributed by atoms with van der Waals surface area (Å²) in [5, 5.41) is 0. The van der Waals surface area contributed by atoms with E-state index in [4.69, 9.17) is 9.47 Å². The minimum absolute atomic E-state index is 0.0251. The monoisotopic (exact) mass is 251 g/mol. The van der Waals surface area contributed by atoms with Gasteiger partial charge in [-0.15, -0.1) is 0 Å². The van der Waals surface area contributed by atoms with Gasteiger partial charge in [-0.3, -0.25) is 4.79 Å². The quantitative estimate of drug-likeness (QED) is 0.539. The molecule has 0 bridgehead atoms. The number of ether oxygens (including phenoxy) is 2. The molecule has 0 radical (unpaired) electrons. The van der Waals surface area contributed by atoms with Crippen molar-refractivity contribution >= 4 is 11.9 Å². The van der Waals surface area contributed by atoms with E-state index >= 15 is 0 Å². The summed E-state index contributed by atoms with van der Waals surface area (Å²) in [7, 11) is 3.01. The molecule has 1 aliphatic carbocycles. The molecule has 5 nitrogen and oxygen atoms in total. The fourth-order valence-electron chi connectivity index (χ4n) is 3.55. The Morgan fingerprint density at radius 1 is 1.33 bits per heavy atom. The number of carbonyl (C=O) groups excluding carboxylic acids is 2. The van der Waals surface area contributed by atoms with Crippen molar-refractivity contribution in [3.63, 3.8) is 0 Å². The first-order chi connectivity index (χ1) is 8.69. The van der Waals surface area contributed by atoms with Gasteiger partial charge < -0.3 is 14.4 Å². The van der Waals surface area contributed by atoms with Gasteiger partial charge in [0.25, 0.3) is 0 Å². The Morgan fingerprint density at radius 3 is 2.72 bits per heavy atom. The van der Waals surface area contributed by atoms with Crippen LogP contribution in [0.2, 0.25) is 0 Å². The lowest BCUT2D eigenvalue weighted by atomic mass is 9.77. The van der Waals surface area contributed by atoms with E-state index in [9.17, 15) is 9.59 Å². The number of fused-ring (bicyclic) bond motifs is 3. The van der Waals surface area contributed by atoms with Crippen molar-refractivity contribution in [1.29, 1.82) is 0 Å². The molecule has 1 amide bonds. The van der Waals surface area contributed by atoms with E-state index in [0.29, 0.717) is 12.1 Å². The van der Waals surface area contributed by atoms with Crippen LogP contribution in [0.15, 0.2) is 11.3 Å². The van der Waals surface area contributed by atoms with Crippen LogP contribution < -0.4 is 0 Å². The van der Waals surface area contributed by atoms with Crippen LogP contribution in [0, 0.1) is 5.92 Å². The highest BCUT2D eigenvalue weighted by atomic mass is 16.5. The minimum Gasteiger partial charge on any atom is -0.464 e. The molecular formula is C13H17NO4. The largest absolute Gasteiger partial charge is 0.464 e. The third-order valence-electron chi connectivity index (χ3n) is 4.35. The van der Waals surface area contributed by atoms with Crippen molar-refractivity contribution < 1.29 is 19.1 Å². The van der Waals surface area contributed by atoms with Crippen LogP contribution in [0.5, 0.6) is 0 Å². The molecule has 2 fully saturated rings. The van der Waals surface area contributed by atoms with Crippen molar-refractivity contribution in [2.45, 2.75) is 37.8 Å². The molecule has 3 atom stereocenters. The molecule has 0 aromatic heterocycles. The van der Waals surface area contributed by atoms with Crippen LogP contribution in [-0.4, -0.2) is 43.1 Å². The molecular weight excluding hydrogens is 234 g/mol. The van der Waals surface area contributed by atoms with E-state index in [2.05, 4.69) is 0 Å². The lowest BCUT2D eigenvalue weighted by molar-refractivity contribution is -0.149. The van der Waals surface area contributed by atoms with Crippen LogP contribution in [0.25, 0.3) is 0 Å². The Balaban J connectivity index is 2.05. The summed E-state index contributed by atoms with van der Waals surface area (Å²) in [4.78, 5) is 25.3. The third kappa shape index (κ3) is 1.37. The van der Waals surface area contributed by atoms with Gasteiger partial charge in [0.2, 0.25) is 5.91 Å². The second-order valence-electron chi connectivity index (χ2n) is 5.09. The molecule has 0 N–H and O–H groups in total. The van der Waals surface area contributed by atoms with Crippen molar-refractivity contribution in [1.82, 2.24) is 4.90 Å². The van der Waals surface area contributed by atoms with Crippen molar-refractivity contribution in [3.05, 3.63) is 11.3 Å². The van der Waals surface area contributed by atoms with Crippen LogP contribution in [0.1, 0.15) is 25.7 Å². The molecule has 98 valence electrons. The molecule has 1 saturated heterocycles. The topological polar surface area (TPSA) is 55.8 Å². The summed E-state index contributed by atoms with van der Waals surface area (Å²) in [6.45, 7) is 0. The van der Waals surface area contributed by atoms with Gasteiger partial charge in [-0.05, 0) is 24.8 Å². The van der Waals surface area contributed by atoms with E-state index < -0.39 is 5.97 Å². The molecule has 0 aromatic carbocycles. The number of β-lactam (4-membered cyclic amide) rings is 1. The first-order valence-electron chi connectivity index (χ1n) is 6.36. The predicted molar refractivity (Wildman–Crippen MR) is 62.4 cm³/mol. The lowest BCUT2D eigenvalue weighted by Gasteiger charge is -2.39. The second kappa shape index (κ2) is 4.09. The van der Waals surface area contributed by atoms with Crippen molar-refractivity contribution in [3.8, 4) is 0 Å². The summed E-state index contributed by atoms with van der Waals surface area (Å²) in [5.74, 6) is -0.0952. The second-order valence-corrected chi connectivity index (χ2v) is 5.09. The summed E-state index contributed by atoms with van der Waals surface area (Å²) < 4.78 is 10.3. The zero-order valence-corrected chi connectivity index (χ0v) is 10.6. The van der Waals surface area contributed by atoms with Crippen LogP contribution in [0.4, 0.5) is 0 Å². The summed E-state index contributed by atoms with van der Waals surface area (Å²) >= 11 is 0. The van der Waals surface area contributed by atoms with Gasteiger partial charge in [-0.25, -0.2) is 4.79 Å². The van der Waals surface area contributed by atoms with Gasteiger partial charge in [0, 0.05) is 19.4 Å². The van der Waals surface area contributed by atoms with Crippen LogP contribution >= 0.6 is 0 Å². The SMILES string of the molecule is COC(=O)C1=C2[C@H](OC)CCC[C@@H]2[C@@H]2CC(=O)N12. The first kappa shape index (κ1) is 11.7. The van der Waals surface area contributed by atoms with Gasteiger partial charge in [0.05, 0.1) is 19.3 Å². The summed E-state index contributed by atoms with van der Waals surface area (Å²) in [6, 6.07) is 0.166. The lowest BCUT2D eigenvalue weighted by Crippen LogP contribution is -2.52. The molecule has 18 heavy (non-hydrogen) atoms. The molecule has 0 aromatic rings. The average molecular weight is 251 g/mol. The Labute approximate surface area is 106 Å². The molecule has 2 heterocycles. The Hall–Kier alpha value is -1.36. The Kier molecular flexibility index (Phi) is 2.66. The molecule has 2 aliphatic heterocycles. The van der Waals surface area contributed by atoms with Crippen LogP contribution in [-0.2, 0) is 19.1 Å². The van der Waals surface area contributed by atoms with Gasteiger partial charge in [-0.1, -0.05) is 0 Å². The van der Waals surface area contributed by atoms with E-state index in [-0.39, 0.29) is 24.0 Å². The van der Waals surface area contributed by atoms with Gasteiger partial charge in [0.15, 0.2) is 0 Å². The molecule has 3 rings (SSSR count). The fourth-order valence-corrected chi connectivity index (χ4v) is 3.55. The van der Waals surface area contributed by atoms with Gasteiger partial charge in [-0.2, -0.15) is 0 Å². The Bertz CT molecular complexity index is 442. The Morgan fingerprint density at radius 2 is 2.11 bits per heavy atom. The fraction of sp³-hybridized carbons (Fsp3) is 0.692. The number of carbonyl (C=O) groups is 2. The number of methoxy groups -OCH3 is 2. The van der Waals surface area contributed by atoms with Crippen LogP contribution in [0.3, 0.4) is 0 Å². The predicted octanol–water partition coefficient (Wildman–Crippen LogP) is 0.843. The average Bonchev–Trinajstić information content (AvgIpc) is 2.66. The zero-order valence-electron chi connectivity index (χ0n) is 10.6. The number of hydrogen-bond donors (Lipinski definition) is 0. The number of amides is 1. The number of hydrogen-bond acceptors (Lipinski definition) is 4. The standard InChI is InChI=1S/C13H17NO4/c1-17-9-5-3-4-7-8-6-10(15)14(8)12(11(7)9)13(16)18-2/h7-9H,3-6H2,1-2H3/t7-,8+,9-/m1/s1. The number of rotatable bonds is 2. The van der Waals surface area contributed by atoms with Gasteiger partial charge >= 0.3 is 5.97 Å². The smallest absolute Gasteiger partial charge is 0.354 e. The maximum Gasteiger partial charge on any atom is 0.354 e. The molecule has 1 saturated carbocycles. The van der Waals surface area contributed by atoms with Crippen molar-refractivity contribution in [2.75, 3.05) is 14.2 Å². The van der Waals surface area contributed by atoms with Gasteiger partial charge in [0.1, 0.15) is 5.70 Å². The number of esters is 1. The molecule has 0 unspecified atom stereocenters. The zero-order chi connectivity index (χ0) is 12.9. The highest BCUT2D eigenvalue weighted by molar-refractivity contribution is 5.99. The maximum absolute atomic E-state index is 11.9. The van der Waals surface area contributed by atoms with E-state index in [1.165, 1.54) is 7.11 Å². The maximum atomic E-state index is 11.9. The normalized spacial score (nSPS) is 34.0. The summed E-state index contributed by atoms with van der Waals surface area (Å²) in [6.07, 6.45) is 3.53. The van der Waals surface area contributed by atoms with E-state index in [1.807, 2.05) is 0 Å². The highest BCUT2D eigenvalue weighted by Crippen LogP contribution is 2.49. The third-order valence-corrected chi connectivity index (χ3v) is 4.35.